The molecule has 1 aromatic rings. The summed E-state index contributed by atoms with van der Waals surface area (Å²) in [6.45, 7) is 6.25. The number of hydrogen-bond acceptors (Lipinski definition) is 2. The van der Waals surface area contributed by atoms with Gasteiger partial charge in [-0.05, 0) is 51.3 Å². The highest BCUT2D eigenvalue weighted by molar-refractivity contribution is 14.0. The average molecular weight is 520 g/mol. The van der Waals surface area contributed by atoms with Crippen LogP contribution in [-0.2, 0) is 6.18 Å². The molecule has 1 aliphatic carbocycles. The Labute approximate surface area is 187 Å². The molecule has 2 fully saturated rings. The molecule has 0 aromatic heterocycles. The Hall–Kier alpha value is -1.47. The summed E-state index contributed by atoms with van der Waals surface area (Å²) in [5.41, 5.74) is -0.346. The molecule has 160 valence electrons. The van der Waals surface area contributed by atoms with Crippen LogP contribution in [0.5, 0.6) is 0 Å². The minimum absolute atomic E-state index is 0. The number of benzene rings is 1. The number of nitrogens with zero attached hydrogens (tertiary/aromatic N) is 2. The van der Waals surface area contributed by atoms with Gasteiger partial charge in [-0.3, -0.25) is 4.90 Å². The van der Waals surface area contributed by atoms with Crippen molar-refractivity contribution in [3.05, 3.63) is 35.4 Å². The first-order chi connectivity index (χ1) is 13.4. The van der Waals surface area contributed by atoms with E-state index in [1.165, 1.54) is 18.9 Å². The smallest absolute Gasteiger partial charge is 0.357 e. The maximum absolute atomic E-state index is 12.8. The van der Waals surface area contributed by atoms with Gasteiger partial charge in [0.05, 0.1) is 5.56 Å². The number of nitrogens with one attached hydrogen (secondary N) is 2. The van der Waals surface area contributed by atoms with E-state index < -0.39 is 11.7 Å². The zero-order valence-electron chi connectivity index (χ0n) is 16.7. The summed E-state index contributed by atoms with van der Waals surface area (Å²) in [6, 6.07) is 6.73. The van der Waals surface area contributed by atoms with Crippen LogP contribution in [0.25, 0.3) is 0 Å². The Morgan fingerprint density at radius 1 is 1.31 bits per heavy atom. The van der Waals surface area contributed by atoms with Crippen LogP contribution in [0, 0.1) is 11.8 Å². The largest absolute Gasteiger partial charge is 0.416 e. The first-order valence-electron chi connectivity index (χ1n) is 9.83. The average Bonchev–Trinajstić information content (AvgIpc) is 3.42. The summed E-state index contributed by atoms with van der Waals surface area (Å²) < 4.78 is 38.3. The molecule has 2 atom stereocenters. The van der Waals surface area contributed by atoms with Gasteiger partial charge in [0.25, 0.3) is 0 Å². The zero-order chi connectivity index (χ0) is 20.1. The van der Waals surface area contributed by atoms with Crippen molar-refractivity contribution >= 4 is 29.9 Å². The topological polar surface area (TPSA) is 39.7 Å². The molecule has 1 saturated heterocycles. The van der Waals surface area contributed by atoms with Crippen LogP contribution >= 0.6 is 24.0 Å². The molecule has 1 aliphatic heterocycles. The molecule has 1 heterocycles. The number of hydrogen-bond donors (Lipinski definition) is 2. The van der Waals surface area contributed by atoms with Gasteiger partial charge in [-0.15, -0.1) is 24.0 Å². The summed E-state index contributed by atoms with van der Waals surface area (Å²) in [5, 5.41) is 6.68. The van der Waals surface area contributed by atoms with Crippen LogP contribution < -0.4 is 10.6 Å². The highest BCUT2D eigenvalue weighted by atomic mass is 127. The third-order valence-corrected chi connectivity index (χ3v) is 5.06. The van der Waals surface area contributed by atoms with E-state index in [1.807, 2.05) is 6.92 Å². The summed E-state index contributed by atoms with van der Waals surface area (Å²) in [5.74, 6) is 6.31. The van der Waals surface area contributed by atoms with Crippen molar-refractivity contribution in [2.45, 2.75) is 57.4 Å². The Bertz CT molecular complexity index is 765. The first-order valence-corrected chi connectivity index (χ1v) is 9.83. The summed E-state index contributed by atoms with van der Waals surface area (Å²) in [6.07, 6.45) is -0.672. The van der Waals surface area contributed by atoms with Gasteiger partial charge < -0.3 is 10.6 Å². The molecule has 0 spiro atoms. The van der Waals surface area contributed by atoms with Gasteiger partial charge in [-0.25, -0.2) is 4.99 Å². The van der Waals surface area contributed by atoms with E-state index in [4.69, 9.17) is 0 Å². The van der Waals surface area contributed by atoms with Crippen LogP contribution in [0.2, 0.25) is 0 Å². The standard InChI is InChI=1S/C21H27F3N4.HI/c1-3-25-20(27-18-12-15(2)28(14-18)19-9-10-19)26-11-5-7-16-6-4-8-17(13-16)21(22,23)24;/h4,6,8,13,15,18-19H,3,9-12,14H2,1-2H3,(H2,25,26,27);1H. The molecule has 1 saturated carbocycles. The lowest BCUT2D eigenvalue weighted by Crippen LogP contribution is -2.44. The third-order valence-electron chi connectivity index (χ3n) is 5.06. The van der Waals surface area contributed by atoms with Crippen molar-refractivity contribution in [2.24, 2.45) is 4.99 Å². The Morgan fingerprint density at radius 2 is 2.07 bits per heavy atom. The van der Waals surface area contributed by atoms with Gasteiger partial charge >= 0.3 is 6.18 Å². The molecular formula is C21H28F3IN4. The second-order valence-corrected chi connectivity index (χ2v) is 7.43. The van der Waals surface area contributed by atoms with Crippen LogP contribution in [0.15, 0.2) is 29.3 Å². The van der Waals surface area contributed by atoms with E-state index in [-0.39, 0.29) is 30.5 Å². The van der Waals surface area contributed by atoms with Gasteiger partial charge in [0.2, 0.25) is 0 Å². The highest BCUT2D eigenvalue weighted by Crippen LogP contribution is 2.33. The molecule has 2 unspecified atom stereocenters. The Kier molecular flexibility index (Phi) is 8.64. The molecule has 4 nitrogen and oxygen atoms in total. The maximum atomic E-state index is 12.8. The number of halogens is 4. The Balaban J connectivity index is 0.00000300. The van der Waals surface area contributed by atoms with Gasteiger partial charge in [0.1, 0.15) is 6.54 Å². The van der Waals surface area contributed by atoms with E-state index in [1.54, 1.807) is 6.07 Å². The van der Waals surface area contributed by atoms with Crippen molar-refractivity contribution < 1.29 is 13.2 Å². The van der Waals surface area contributed by atoms with Crippen LogP contribution in [-0.4, -0.2) is 48.6 Å². The minimum Gasteiger partial charge on any atom is -0.357 e. The van der Waals surface area contributed by atoms with Crippen molar-refractivity contribution in [3.63, 3.8) is 0 Å². The molecule has 3 rings (SSSR count). The third kappa shape index (κ3) is 7.07. The summed E-state index contributed by atoms with van der Waals surface area (Å²) in [4.78, 5) is 7.02. The van der Waals surface area contributed by atoms with E-state index in [0.717, 1.165) is 37.7 Å². The van der Waals surface area contributed by atoms with E-state index in [9.17, 15) is 13.2 Å². The van der Waals surface area contributed by atoms with Crippen molar-refractivity contribution in [2.75, 3.05) is 19.6 Å². The van der Waals surface area contributed by atoms with Crippen molar-refractivity contribution in [3.8, 4) is 11.8 Å². The Morgan fingerprint density at radius 3 is 2.72 bits per heavy atom. The molecule has 29 heavy (non-hydrogen) atoms. The van der Waals surface area contributed by atoms with Crippen molar-refractivity contribution in [1.29, 1.82) is 0 Å². The highest BCUT2D eigenvalue weighted by Gasteiger charge is 2.38. The summed E-state index contributed by atoms with van der Waals surface area (Å²) >= 11 is 0. The predicted molar refractivity (Wildman–Crippen MR) is 120 cm³/mol. The number of rotatable bonds is 4. The van der Waals surface area contributed by atoms with Gasteiger partial charge in [-0.2, -0.15) is 13.2 Å². The molecule has 2 N–H and O–H groups in total. The second kappa shape index (κ2) is 10.5. The fourth-order valence-corrected chi connectivity index (χ4v) is 3.62. The maximum Gasteiger partial charge on any atom is 0.416 e. The minimum atomic E-state index is -4.36. The van der Waals surface area contributed by atoms with Gasteiger partial charge in [-0.1, -0.05) is 17.9 Å². The van der Waals surface area contributed by atoms with E-state index >= 15 is 0 Å². The van der Waals surface area contributed by atoms with Crippen LogP contribution in [0.4, 0.5) is 13.2 Å². The van der Waals surface area contributed by atoms with Gasteiger partial charge in [0.15, 0.2) is 5.96 Å². The quantitative estimate of drug-likeness (QED) is 0.274. The molecule has 0 radical (unpaired) electrons. The number of likely N-dealkylation sites (tertiary alicyclic amines) is 1. The van der Waals surface area contributed by atoms with E-state index in [2.05, 4.69) is 39.3 Å². The number of aliphatic imine (C=N–C) groups is 1. The lowest BCUT2D eigenvalue weighted by Gasteiger charge is -2.20. The fourth-order valence-electron chi connectivity index (χ4n) is 3.62. The second-order valence-electron chi connectivity index (χ2n) is 7.43. The fraction of sp³-hybridized carbons (Fsp3) is 0.571. The van der Waals surface area contributed by atoms with Crippen LogP contribution in [0.3, 0.4) is 0 Å². The predicted octanol–water partition coefficient (Wildman–Crippen LogP) is 3.86. The lowest BCUT2D eigenvalue weighted by molar-refractivity contribution is -0.137. The number of alkyl halides is 3. The normalized spacial score (nSPS) is 22.4. The number of guanidine groups is 1. The lowest BCUT2D eigenvalue weighted by atomic mass is 10.1. The summed E-state index contributed by atoms with van der Waals surface area (Å²) in [7, 11) is 0. The molecule has 0 amide bonds. The monoisotopic (exact) mass is 520 g/mol. The first kappa shape index (κ1) is 23.8. The molecule has 1 aromatic carbocycles. The molecule has 0 bridgehead atoms. The van der Waals surface area contributed by atoms with Crippen LogP contribution in [0.1, 0.15) is 44.2 Å². The molecule has 2 aliphatic rings. The van der Waals surface area contributed by atoms with Crippen molar-refractivity contribution in [1.82, 2.24) is 15.5 Å². The van der Waals surface area contributed by atoms with Gasteiger partial charge in [0, 0.05) is 36.8 Å². The SMILES string of the molecule is CCNC(=NCC#Cc1cccc(C(F)(F)F)c1)NC1CC(C)N(C2CC2)C1.I. The molecular weight excluding hydrogens is 492 g/mol. The molecule has 8 heteroatoms. The zero-order valence-corrected chi connectivity index (χ0v) is 19.1. The van der Waals surface area contributed by atoms with E-state index in [0.29, 0.717) is 23.6 Å².